The lowest BCUT2D eigenvalue weighted by atomic mass is 10.0. The number of benzene rings is 2. The molecular weight excluding hydrogens is 456 g/mol. The van der Waals surface area contributed by atoms with Crippen molar-refractivity contribution in [2.24, 2.45) is 0 Å². The second-order valence-corrected chi connectivity index (χ2v) is 8.07. The maximum atomic E-state index is 12.9. The molecule has 2 aliphatic rings. The number of halogens is 1. The molecule has 1 aliphatic heterocycles. The molecule has 1 aliphatic carbocycles. The van der Waals surface area contributed by atoms with Crippen LogP contribution in [-0.4, -0.2) is 24.1 Å². The molecule has 1 aromatic heterocycles. The number of aromatic nitrogens is 2. The highest BCUT2D eigenvalue weighted by Gasteiger charge is 2.33. The van der Waals surface area contributed by atoms with Gasteiger partial charge in [-0.15, -0.1) is 0 Å². The van der Waals surface area contributed by atoms with E-state index in [-0.39, 0.29) is 22.8 Å². The van der Waals surface area contributed by atoms with Crippen molar-refractivity contribution in [2.45, 2.75) is 45.2 Å². The molecule has 0 N–H and O–H groups in total. The molecule has 0 fully saturated rings. The van der Waals surface area contributed by atoms with E-state index in [0.717, 1.165) is 43.8 Å². The monoisotopic (exact) mass is 482 g/mol. The predicted molar refractivity (Wildman–Crippen MR) is 113 cm³/mol. The van der Waals surface area contributed by atoms with Crippen molar-refractivity contribution in [3.8, 4) is 11.5 Å². The molecule has 1 unspecified atom stereocenters. The maximum Gasteiger partial charge on any atom is 0.257 e. The van der Waals surface area contributed by atoms with Crippen molar-refractivity contribution in [1.82, 2.24) is 4.57 Å². The normalized spacial score (nSPS) is 16.3. The van der Waals surface area contributed by atoms with Crippen LogP contribution in [0.15, 0.2) is 48.8 Å². The SMILES string of the molecule is CCc1n(C2CCc3cc4c(cc32)OCC4)cc[n+]1CC(=O)c1ccc(OC)cc1.[Br-]. The smallest absolute Gasteiger partial charge is 0.257 e. The molecule has 162 valence electrons. The summed E-state index contributed by atoms with van der Waals surface area (Å²) in [4.78, 5) is 12.9. The first kappa shape index (κ1) is 21.6. The van der Waals surface area contributed by atoms with Gasteiger partial charge in [-0.3, -0.25) is 4.79 Å². The highest BCUT2D eigenvalue weighted by atomic mass is 79.9. The molecule has 2 aromatic carbocycles. The zero-order valence-corrected chi connectivity index (χ0v) is 19.5. The Bertz CT molecular complexity index is 1100. The number of ketones is 1. The number of rotatable bonds is 6. The van der Waals surface area contributed by atoms with Crippen LogP contribution in [0.1, 0.15) is 52.3 Å². The van der Waals surface area contributed by atoms with E-state index in [1.165, 1.54) is 22.5 Å². The van der Waals surface area contributed by atoms with Crippen LogP contribution in [0.2, 0.25) is 0 Å². The first-order valence-electron chi connectivity index (χ1n) is 10.7. The van der Waals surface area contributed by atoms with Gasteiger partial charge in [0.1, 0.15) is 29.9 Å². The zero-order chi connectivity index (χ0) is 20.7. The number of carbonyl (C=O) groups excluding carboxylic acids is 1. The summed E-state index contributed by atoms with van der Waals surface area (Å²) in [7, 11) is 1.63. The second-order valence-electron chi connectivity index (χ2n) is 8.07. The Hall–Kier alpha value is -2.60. The van der Waals surface area contributed by atoms with Gasteiger partial charge in [0.15, 0.2) is 6.54 Å². The van der Waals surface area contributed by atoms with Crippen LogP contribution in [0.25, 0.3) is 0 Å². The minimum absolute atomic E-state index is 0. The fourth-order valence-corrected chi connectivity index (χ4v) is 4.86. The summed E-state index contributed by atoms with van der Waals surface area (Å²) in [6.45, 7) is 3.29. The van der Waals surface area contributed by atoms with Crippen LogP contribution >= 0.6 is 0 Å². The van der Waals surface area contributed by atoms with Gasteiger partial charge in [-0.2, -0.15) is 0 Å². The Kier molecular flexibility index (Phi) is 6.19. The summed E-state index contributed by atoms with van der Waals surface area (Å²) in [6.07, 6.45) is 8.25. The summed E-state index contributed by atoms with van der Waals surface area (Å²) in [5, 5.41) is 0. The average molecular weight is 483 g/mol. The topological polar surface area (TPSA) is 44.3 Å². The molecule has 3 aromatic rings. The minimum Gasteiger partial charge on any atom is -1.00 e. The van der Waals surface area contributed by atoms with Crippen molar-refractivity contribution in [3.63, 3.8) is 0 Å². The van der Waals surface area contributed by atoms with Crippen LogP contribution in [-0.2, 0) is 25.8 Å². The van der Waals surface area contributed by atoms with E-state index >= 15 is 0 Å². The number of ether oxygens (including phenoxy) is 2. The Morgan fingerprint density at radius 2 is 2.00 bits per heavy atom. The number of fused-ring (bicyclic) bond motifs is 2. The Morgan fingerprint density at radius 3 is 2.74 bits per heavy atom. The van der Waals surface area contributed by atoms with E-state index < -0.39 is 0 Å². The van der Waals surface area contributed by atoms with E-state index in [0.29, 0.717) is 18.2 Å². The number of methoxy groups -OCH3 is 1. The van der Waals surface area contributed by atoms with Crippen molar-refractivity contribution in [3.05, 3.63) is 76.9 Å². The molecule has 5 nitrogen and oxygen atoms in total. The van der Waals surface area contributed by atoms with Crippen LogP contribution in [0.4, 0.5) is 0 Å². The zero-order valence-electron chi connectivity index (χ0n) is 17.9. The number of imidazole rings is 1. The van der Waals surface area contributed by atoms with Gasteiger partial charge >= 0.3 is 0 Å². The number of hydrogen-bond donors (Lipinski definition) is 0. The van der Waals surface area contributed by atoms with Gasteiger partial charge in [-0.05, 0) is 54.3 Å². The summed E-state index contributed by atoms with van der Waals surface area (Å²) in [5.74, 6) is 3.09. The van der Waals surface area contributed by atoms with E-state index in [9.17, 15) is 4.79 Å². The molecule has 5 rings (SSSR count). The Balaban J connectivity index is 0.00000231. The van der Waals surface area contributed by atoms with Crippen molar-refractivity contribution < 1.29 is 35.8 Å². The van der Waals surface area contributed by atoms with E-state index in [4.69, 9.17) is 9.47 Å². The quantitative estimate of drug-likeness (QED) is 0.383. The van der Waals surface area contributed by atoms with E-state index in [2.05, 4.69) is 34.4 Å². The van der Waals surface area contributed by atoms with Gasteiger partial charge in [0.2, 0.25) is 5.78 Å². The van der Waals surface area contributed by atoms with Crippen LogP contribution < -0.4 is 31.0 Å². The van der Waals surface area contributed by atoms with E-state index in [1.54, 1.807) is 7.11 Å². The van der Waals surface area contributed by atoms with Gasteiger partial charge in [0.25, 0.3) is 5.82 Å². The number of hydrogen-bond acceptors (Lipinski definition) is 3. The van der Waals surface area contributed by atoms with Crippen molar-refractivity contribution in [1.29, 1.82) is 0 Å². The number of nitrogens with zero attached hydrogens (tertiary/aromatic N) is 2. The third-order valence-corrected chi connectivity index (χ3v) is 6.41. The lowest BCUT2D eigenvalue weighted by Gasteiger charge is -2.12. The number of carbonyl (C=O) groups is 1. The standard InChI is InChI=1S/C25H27N2O3.BrH/c1-3-25-26(16-23(28)17-4-7-20(29-2)8-5-17)11-12-27(25)22-9-6-18-14-19-10-13-30-24(19)15-21(18)22;/h4-5,7-8,11-12,14-15,22H,3,6,9-10,13,16H2,1-2H3;1H/q+1;/p-1. The highest BCUT2D eigenvalue weighted by molar-refractivity contribution is 5.95. The van der Waals surface area contributed by atoms with Crippen LogP contribution in [0, 0.1) is 0 Å². The Morgan fingerprint density at radius 1 is 1.19 bits per heavy atom. The Labute approximate surface area is 193 Å². The maximum absolute atomic E-state index is 12.9. The first-order valence-corrected chi connectivity index (χ1v) is 10.7. The summed E-state index contributed by atoms with van der Waals surface area (Å²) >= 11 is 0. The van der Waals surface area contributed by atoms with Gasteiger partial charge in [0, 0.05) is 24.0 Å². The van der Waals surface area contributed by atoms with Gasteiger partial charge in [-0.1, -0.05) is 13.0 Å². The highest BCUT2D eigenvalue weighted by Crippen LogP contribution is 2.40. The van der Waals surface area contributed by atoms with Crippen LogP contribution in [0.5, 0.6) is 11.5 Å². The predicted octanol–water partition coefficient (Wildman–Crippen LogP) is 0.704. The van der Waals surface area contributed by atoms with Crippen LogP contribution in [0.3, 0.4) is 0 Å². The summed E-state index contributed by atoms with van der Waals surface area (Å²) in [5.41, 5.74) is 4.87. The molecule has 0 spiro atoms. The molecule has 6 heteroatoms. The fourth-order valence-electron chi connectivity index (χ4n) is 4.86. The average Bonchev–Trinajstić information content (AvgIpc) is 3.49. The molecule has 1 atom stereocenters. The fraction of sp³-hybridized carbons (Fsp3) is 0.360. The first-order chi connectivity index (χ1) is 14.7. The molecule has 0 saturated carbocycles. The third kappa shape index (κ3) is 3.89. The summed E-state index contributed by atoms with van der Waals surface area (Å²) in [6, 6.07) is 12.2. The molecule has 0 radical (unpaired) electrons. The molecule has 2 heterocycles. The van der Waals surface area contributed by atoms with Gasteiger partial charge < -0.3 is 26.5 Å². The molecule has 0 saturated heterocycles. The van der Waals surface area contributed by atoms with E-state index in [1.807, 2.05) is 30.5 Å². The molecule has 0 bridgehead atoms. The molecular formula is C25H27BrN2O3. The molecule has 0 amide bonds. The molecule has 31 heavy (non-hydrogen) atoms. The lowest BCUT2D eigenvalue weighted by molar-refractivity contribution is -0.690. The third-order valence-electron chi connectivity index (χ3n) is 6.41. The lowest BCUT2D eigenvalue weighted by Crippen LogP contribution is -3.00. The minimum atomic E-state index is 0. The van der Waals surface area contributed by atoms with Gasteiger partial charge in [-0.25, -0.2) is 9.13 Å². The van der Waals surface area contributed by atoms with Gasteiger partial charge in [0.05, 0.1) is 13.7 Å². The van der Waals surface area contributed by atoms with Crippen molar-refractivity contribution >= 4 is 5.78 Å². The summed E-state index contributed by atoms with van der Waals surface area (Å²) < 4.78 is 15.5. The van der Waals surface area contributed by atoms with Crippen molar-refractivity contribution in [2.75, 3.05) is 13.7 Å². The second kappa shape index (κ2) is 8.87. The number of Topliss-reactive ketones (excluding diaryl/α,β-unsaturated/α-hetero) is 1. The number of aryl methyl sites for hydroxylation is 1. The largest absolute Gasteiger partial charge is 1.00 e.